The van der Waals surface area contributed by atoms with Crippen molar-refractivity contribution >= 4 is 12.0 Å². The molecule has 14 nitrogen and oxygen atoms in total. The van der Waals surface area contributed by atoms with Crippen LogP contribution in [-0.4, -0.2) is 117 Å². The van der Waals surface area contributed by atoms with Gasteiger partial charge in [0, 0.05) is 6.92 Å². The third-order valence-electron chi connectivity index (χ3n) is 5.92. The number of aliphatic hydroxyl groups excluding tert-OH is 6. The predicted octanol–water partition coefficient (Wildman–Crippen LogP) is -3.32. The Labute approximate surface area is 206 Å². The van der Waals surface area contributed by atoms with Gasteiger partial charge in [0.15, 0.2) is 12.6 Å². The first-order valence-corrected chi connectivity index (χ1v) is 11.3. The van der Waals surface area contributed by atoms with E-state index in [9.17, 15) is 40.2 Å². The van der Waals surface area contributed by atoms with Crippen molar-refractivity contribution in [1.29, 1.82) is 0 Å². The van der Waals surface area contributed by atoms with E-state index in [4.69, 9.17) is 18.9 Å². The van der Waals surface area contributed by atoms with Crippen molar-refractivity contribution in [3.8, 4) is 0 Å². The molecule has 202 valence electrons. The Kier molecular flexibility index (Phi) is 9.95. The van der Waals surface area contributed by atoms with Crippen molar-refractivity contribution in [2.75, 3.05) is 13.2 Å². The van der Waals surface area contributed by atoms with Crippen LogP contribution < -0.4 is 10.6 Å². The van der Waals surface area contributed by atoms with Crippen LogP contribution in [0, 0.1) is 0 Å². The molecule has 2 fully saturated rings. The predicted molar refractivity (Wildman–Crippen MR) is 118 cm³/mol. The van der Waals surface area contributed by atoms with Crippen LogP contribution in [0.4, 0.5) is 4.79 Å². The highest BCUT2D eigenvalue weighted by molar-refractivity contribution is 5.73. The molecule has 8 N–H and O–H groups in total. The fourth-order valence-corrected chi connectivity index (χ4v) is 4.07. The highest BCUT2D eigenvalue weighted by Gasteiger charge is 2.51. The van der Waals surface area contributed by atoms with E-state index in [2.05, 4.69) is 10.6 Å². The van der Waals surface area contributed by atoms with Crippen molar-refractivity contribution in [3.05, 3.63) is 35.9 Å². The molecule has 10 atom stereocenters. The Morgan fingerprint density at radius 2 is 1.56 bits per heavy atom. The molecule has 14 heteroatoms. The van der Waals surface area contributed by atoms with Crippen LogP contribution in [0.15, 0.2) is 30.3 Å². The minimum absolute atomic E-state index is 0.0813. The second-order valence-electron chi connectivity index (χ2n) is 8.50. The minimum Gasteiger partial charge on any atom is -0.445 e. The summed E-state index contributed by atoms with van der Waals surface area (Å²) >= 11 is 0. The average Bonchev–Trinajstić information content (AvgIpc) is 2.86. The van der Waals surface area contributed by atoms with Crippen LogP contribution >= 0.6 is 0 Å². The number of aliphatic hydroxyl groups is 6. The topological polar surface area (TPSA) is 216 Å². The Morgan fingerprint density at radius 1 is 0.889 bits per heavy atom. The van der Waals surface area contributed by atoms with Crippen LogP contribution in [0.1, 0.15) is 12.5 Å². The largest absolute Gasteiger partial charge is 0.445 e. The number of benzene rings is 1. The van der Waals surface area contributed by atoms with Crippen LogP contribution in [0.25, 0.3) is 0 Å². The van der Waals surface area contributed by atoms with Crippen molar-refractivity contribution in [2.45, 2.75) is 74.8 Å². The molecule has 3 rings (SSSR count). The van der Waals surface area contributed by atoms with Crippen LogP contribution in [0.2, 0.25) is 0 Å². The van der Waals surface area contributed by atoms with E-state index in [1.54, 1.807) is 30.3 Å². The lowest BCUT2D eigenvalue weighted by molar-refractivity contribution is -0.334. The van der Waals surface area contributed by atoms with Crippen molar-refractivity contribution in [2.24, 2.45) is 0 Å². The number of hydrogen-bond donors (Lipinski definition) is 8. The summed E-state index contributed by atoms with van der Waals surface area (Å²) in [5.74, 6) is -0.585. The van der Waals surface area contributed by atoms with Gasteiger partial charge in [-0.2, -0.15) is 0 Å². The zero-order valence-corrected chi connectivity index (χ0v) is 19.4. The van der Waals surface area contributed by atoms with Gasteiger partial charge in [-0.1, -0.05) is 30.3 Å². The number of hydrogen-bond acceptors (Lipinski definition) is 12. The molecule has 2 amide bonds. The summed E-state index contributed by atoms with van der Waals surface area (Å²) < 4.78 is 21.4. The molecule has 1 aromatic rings. The van der Waals surface area contributed by atoms with Gasteiger partial charge < -0.3 is 60.2 Å². The highest BCUT2D eigenvalue weighted by Crippen LogP contribution is 2.28. The van der Waals surface area contributed by atoms with Crippen molar-refractivity contribution in [3.63, 3.8) is 0 Å². The molecule has 2 aliphatic heterocycles. The molecule has 0 radical (unpaired) electrons. The van der Waals surface area contributed by atoms with E-state index in [1.807, 2.05) is 0 Å². The van der Waals surface area contributed by atoms with Crippen molar-refractivity contribution < 1.29 is 59.2 Å². The zero-order valence-electron chi connectivity index (χ0n) is 19.4. The Bertz CT molecular complexity index is 861. The van der Waals surface area contributed by atoms with Gasteiger partial charge in [0.1, 0.15) is 49.3 Å². The number of carbonyl (C=O) groups is 2. The van der Waals surface area contributed by atoms with Gasteiger partial charge in [0.25, 0.3) is 0 Å². The Morgan fingerprint density at radius 3 is 2.17 bits per heavy atom. The van der Waals surface area contributed by atoms with E-state index >= 15 is 0 Å². The van der Waals surface area contributed by atoms with E-state index < -0.39 is 86.5 Å². The van der Waals surface area contributed by atoms with Crippen LogP contribution in [0.5, 0.6) is 0 Å². The molecule has 0 bridgehead atoms. The van der Waals surface area contributed by atoms with Crippen LogP contribution in [-0.2, 0) is 30.3 Å². The molecule has 36 heavy (non-hydrogen) atoms. The molecule has 2 saturated heterocycles. The number of amides is 2. The lowest BCUT2D eigenvalue weighted by Gasteiger charge is -2.47. The molecular weight excluding hydrogens is 484 g/mol. The molecule has 0 spiro atoms. The summed E-state index contributed by atoms with van der Waals surface area (Å²) in [6.07, 6.45) is -13.2. The first-order valence-electron chi connectivity index (χ1n) is 11.3. The molecule has 0 aromatic heterocycles. The quantitative estimate of drug-likeness (QED) is 0.170. The maximum Gasteiger partial charge on any atom is 0.407 e. The number of ether oxygens (including phenoxy) is 4. The first-order chi connectivity index (χ1) is 17.2. The third kappa shape index (κ3) is 6.67. The monoisotopic (exact) mass is 516 g/mol. The second kappa shape index (κ2) is 12.7. The van der Waals surface area contributed by atoms with Crippen molar-refractivity contribution in [1.82, 2.24) is 10.6 Å². The summed E-state index contributed by atoms with van der Waals surface area (Å²) in [6, 6.07) is 6.02. The zero-order chi connectivity index (χ0) is 26.4. The normalized spacial score (nSPS) is 36.6. The molecular formula is C22H32N2O12. The number of nitrogens with one attached hydrogen (secondary N) is 2. The maximum absolute atomic E-state index is 12.3. The Balaban J connectivity index is 1.71. The third-order valence-corrected chi connectivity index (χ3v) is 5.92. The Hall–Kier alpha value is -2.40. The number of carbonyl (C=O) groups excluding carboxylic acids is 2. The molecule has 0 aliphatic carbocycles. The van der Waals surface area contributed by atoms with E-state index in [0.717, 1.165) is 6.92 Å². The molecule has 1 aromatic carbocycles. The summed E-state index contributed by atoms with van der Waals surface area (Å²) in [6.45, 7) is -0.358. The second-order valence-corrected chi connectivity index (χ2v) is 8.50. The fraction of sp³-hybridized carbons (Fsp3) is 0.636. The SMILES string of the molecule is CC(=O)NC1C(O)OC(CO)C(OC2OC(CO)C(O)C(NC(=O)OCc3ccccc3)C2O)C1O. The van der Waals surface area contributed by atoms with Gasteiger partial charge in [0.05, 0.1) is 19.3 Å². The highest BCUT2D eigenvalue weighted by atomic mass is 16.7. The van der Waals surface area contributed by atoms with Gasteiger partial charge in [0.2, 0.25) is 5.91 Å². The molecule has 2 aliphatic rings. The van der Waals surface area contributed by atoms with E-state index in [0.29, 0.717) is 5.56 Å². The molecule has 2 heterocycles. The number of alkyl carbamates (subject to hydrolysis) is 1. The van der Waals surface area contributed by atoms with Gasteiger partial charge >= 0.3 is 6.09 Å². The van der Waals surface area contributed by atoms with Gasteiger partial charge in [-0.25, -0.2) is 4.79 Å². The standard InChI is InChI=1S/C22H32N2O12/c1-10(27)23-15-17(29)19(13(8-26)34-20(15)31)36-21-18(30)14(16(28)12(7-25)35-21)24-22(32)33-9-11-5-3-2-4-6-11/h2-6,12-21,25-26,28-31H,7-9H2,1H3,(H,23,27)(H,24,32). The maximum atomic E-state index is 12.3. The van der Waals surface area contributed by atoms with E-state index in [1.165, 1.54) is 0 Å². The summed E-state index contributed by atoms with van der Waals surface area (Å²) in [5.41, 5.74) is 0.701. The summed E-state index contributed by atoms with van der Waals surface area (Å²) in [7, 11) is 0. The minimum atomic E-state index is -1.73. The summed E-state index contributed by atoms with van der Waals surface area (Å²) in [5, 5.41) is 66.1. The smallest absolute Gasteiger partial charge is 0.407 e. The molecule has 10 unspecified atom stereocenters. The van der Waals surface area contributed by atoms with Gasteiger partial charge in [-0.3, -0.25) is 4.79 Å². The van der Waals surface area contributed by atoms with Crippen LogP contribution in [0.3, 0.4) is 0 Å². The lowest BCUT2D eigenvalue weighted by Crippen LogP contribution is -2.68. The fourth-order valence-electron chi connectivity index (χ4n) is 4.07. The first kappa shape index (κ1) is 28.2. The molecule has 0 saturated carbocycles. The van der Waals surface area contributed by atoms with Gasteiger partial charge in [-0.15, -0.1) is 0 Å². The average molecular weight is 517 g/mol. The number of rotatable bonds is 8. The van der Waals surface area contributed by atoms with Gasteiger partial charge in [-0.05, 0) is 5.56 Å². The van der Waals surface area contributed by atoms with E-state index in [-0.39, 0.29) is 6.61 Å². The lowest BCUT2D eigenvalue weighted by atomic mass is 9.94. The summed E-state index contributed by atoms with van der Waals surface area (Å²) in [4.78, 5) is 23.8.